The molecule has 0 heterocycles. The third kappa shape index (κ3) is 2.73. The Kier molecular flexibility index (Phi) is 4.62. The monoisotopic (exact) mass is 204 g/mol. The fraction of sp³-hybridized carbons (Fsp3) is 0. The van der Waals surface area contributed by atoms with Crippen LogP contribution in [0.4, 0.5) is 0 Å². The standard InChI is InChI=1S/C8H6O5.Na/c9-4-1-2-5(7(10)11)6(3-4)8(12)13;/h1-3,9H,(H,10,11)(H,12,13);/q;+1/p-1. The van der Waals surface area contributed by atoms with Crippen molar-refractivity contribution in [3.05, 3.63) is 29.3 Å². The van der Waals surface area contributed by atoms with E-state index in [4.69, 9.17) is 10.2 Å². The van der Waals surface area contributed by atoms with Gasteiger partial charge in [-0.2, -0.15) is 0 Å². The van der Waals surface area contributed by atoms with Crippen molar-refractivity contribution in [2.75, 3.05) is 0 Å². The van der Waals surface area contributed by atoms with Crippen molar-refractivity contribution >= 4 is 11.9 Å². The molecule has 0 saturated carbocycles. The first-order chi connectivity index (χ1) is 6.02. The smallest absolute Gasteiger partial charge is 0.872 e. The topological polar surface area (TPSA) is 97.7 Å². The van der Waals surface area contributed by atoms with Crippen LogP contribution in [-0.2, 0) is 0 Å². The Morgan fingerprint density at radius 3 is 2.00 bits per heavy atom. The first-order valence-corrected chi connectivity index (χ1v) is 3.30. The molecule has 0 unspecified atom stereocenters. The maximum Gasteiger partial charge on any atom is 1.00 e. The Labute approximate surface area is 101 Å². The van der Waals surface area contributed by atoms with E-state index in [1.54, 1.807) is 0 Å². The predicted molar refractivity (Wildman–Crippen MR) is 39.8 cm³/mol. The summed E-state index contributed by atoms with van der Waals surface area (Å²) in [6, 6.07) is 2.77. The molecule has 5 nitrogen and oxygen atoms in total. The van der Waals surface area contributed by atoms with Crippen LogP contribution < -0.4 is 34.7 Å². The summed E-state index contributed by atoms with van der Waals surface area (Å²) in [5, 5.41) is 27.8. The normalized spacial score (nSPS) is 8.86. The van der Waals surface area contributed by atoms with Gasteiger partial charge in [0.2, 0.25) is 0 Å². The second-order valence-corrected chi connectivity index (χ2v) is 2.32. The van der Waals surface area contributed by atoms with Crippen molar-refractivity contribution in [2.24, 2.45) is 0 Å². The van der Waals surface area contributed by atoms with E-state index >= 15 is 0 Å². The fourth-order valence-corrected chi connectivity index (χ4v) is 0.887. The van der Waals surface area contributed by atoms with E-state index in [0.717, 1.165) is 18.2 Å². The Balaban J connectivity index is 0.00000169. The average molecular weight is 204 g/mol. The van der Waals surface area contributed by atoms with Crippen molar-refractivity contribution in [2.45, 2.75) is 0 Å². The summed E-state index contributed by atoms with van der Waals surface area (Å²) in [6.07, 6.45) is 0. The summed E-state index contributed by atoms with van der Waals surface area (Å²) in [7, 11) is 0. The van der Waals surface area contributed by atoms with Crippen LogP contribution in [0, 0.1) is 0 Å². The van der Waals surface area contributed by atoms with Gasteiger partial charge in [-0.05, 0) is 6.07 Å². The summed E-state index contributed by atoms with van der Waals surface area (Å²) < 4.78 is 0. The van der Waals surface area contributed by atoms with Gasteiger partial charge < -0.3 is 15.3 Å². The SMILES string of the molecule is O=C(O)c1ccc([O-])cc1C(=O)O.[Na+]. The average Bonchev–Trinajstić information content (AvgIpc) is 2.03. The Hall–Kier alpha value is -1.04. The number of hydrogen-bond acceptors (Lipinski definition) is 3. The van der Waals surface area contributed by atoms with E-state index in [1.807, 2.05) is 0 Å². The molecule has 0 bridgehead atoms. The first kappa shape index (κ1) is 13.0. The van der Waals surface area contributed by atoms with Gasteiger partial charge in [-0.1, -0.05) is 12.1 Å². The van der Waals surface area contributed by atoms with Gasteiger partial charge in [0.1, 0.15) is 0 Å². The van der Waals surface area contributed by atoms with Gasteiger partial charge in [0.25, 0.3) is 0 Å². The number of hydrogen-bond donors (Lipinski definition) is 2. The van der Waals surface area contributed by atoms with Gasteiger partial charge in [-0.25, -0.2) is 9.59 Å². The van der Waals surface area contributed by atoms with Crippen LogP contribution in [0.2, 0.25) is 0 Å². The molecule has 0 spiro atoms. The molecule has 68 valence electrons. The third-order valence-corrected chi connectivity index (χ3v) is 1.45. The van der Waals surface area contributed by atoms with Crippen molar-refractivity contribution in [1.29, 1.82) is 0 Å². The number of carboxylic acids is 2. The van der Waals surface area contributed by atoms with E-state index < -0.39 is 23.3 Å². The molecule has 0 aliphatic carbocycles. The molecular formula is C8H5NaO5. The summed E-state index contributed by atoms with van der Waals surface area (Å²) in [5.74, 6) is -3.31. The second-order valence-electron chi connectivity index (χ2n) is 2.32. The zero-order chi connectivity index (χ0) is 10.0. The number of carbonyl (C=O) groups is 2. The molecule has 0 amide bonds. The molecule has 0 atom stereocenters. The third-order valence-electron chi connectivity index (χ3n) is 1.45. The fourth-order valence-electron chi connectivity index (χ4n) is 0.887. The van der Waals surface area contributed by atoms with Crippen LogP contribution in [0.3, 0.4) is 0 Å². The molecule has 0 aliphatic rings. The minimum Gasteiger partial charge on any atom is -0.872 e. The molecule has 0 saturated heterocycles. The van der Waals surface area contributed by atoms with Crippen LogP contribution in [0.15, 0.2) is 18.2 Å². The Bertz CT molecular complexity index is 374. The van der Waals surface area contributed by atoms with Crippen LogP contribution in [-0.4, -0.2) is 22.2 Å². The van der Waals surface area contributed by atoms with Gasteiger partial charge >= 0.3 is 41.5 Å². The second kappa shape index (κ2) is 4.99. The molecule has 1 rings (SSSR count). The van der Waals surface area contributed by atoms with E-state index in [0.29, 0.717) is 0 Å². The minimum absolute atomic E-state index is 0. The van der Waals surface area contributed by atoms with Crippen LogP contribution in [0.1, 0.15) is 20.7 Å². The van der Waals surface area contributed by atoms with Gasteiger partial charge in [-0.3, -0.25) is 0 Å². The Morgan fingerprint density at radius 1 is 1.07 bits per heavy atom. The quantitative estimate of drug-likeness (QED) is 0.506. The number of aromatic carboxylic acids is 2. The minimum atomic E-state index is -1.42. The zero-order valence-electron chi connectivity index (χ0n) is 7.35. The molecule has 14 heavy (non-hydrogen) atoms. The van der Waals surface area contributed by atoms with Crippen molar-refractivity contribution in [1.82, 2.24) is 0 Å². The molecular weight excluding hydrogens is 199 g/mol. The van der Waals surface area contributed by atoms with Crippen molar-refractivity contribution < 1.29 is 54.5 Å². The van der Waals surface area contributed by atoms with Crippen LogP contribution in [0.25, 0.3) is 0 Å². The van der Waals surface area contributed by atoms with Crippen LogP contribution >= 0.6 is 0 Å². The summed E-state index contributed by atoms with van der Waals surface area (Å²) in [4.78, 5) is 20.9. The van der Waals surface area contributed by atoms with Gasteiger partial charge in [-0.15, -0.1) is 5.75 Å². The molecule has 1 aromatic carbocycles. The molecule has 6 heteroatoms. The summed E-state index contributed by atoms with van der Waals surface area (Å²) in [5.41, 5.74) is -0.868. The van der Waals surface area contributed by atoms with Gasteiger partial charge in [0.15, 0.2) is 0 Å². The van der Waals surface area contributed by atoms with E-state index in [9.17, 15) is 14.7 Å². The molecule has 0 radical (unpaired) electrons. The van der Waals surface area contributed by atoms with Gasteiger partial charge in [0, 0.05) is 0 Å². The zero-order valence-corrected chi connectivity index (χ0v) is 9.35. The number of benzene rings is 1. The maximum absolute atomic E-state index is 10.7. The van der Waals surface area contributed by atoms with Gasteiger partial charge in [0.05, 0.1) is 11.1 Å². The molecule has 0 fully saturated rings. The molecule has 0 aromatic heterocycles. The molecule has 2 N–H and O–H groups in total. The first-order valence-electron chi connectivity index (χ1n) is 3.30. The predicted octanol–water partition coefficient (Wildman–Crippen LogP) is -2.84. The van der Waals surface area contributed by atoms with E-state index in [-0.39, 0.29) is 35.1 Å². The number of carboxylic acid groups (broad SMARTS) is 2. The molecule has 1 aromatic rings. The Morgan fingerprint density at radius 2 is 1.57 bits per heavy atom. The summed E-state index contributed by atoms with van der Waals surface area (Å²) in [6.45, 7) is 0. The van der Waals surface area contributed by atoms with E-state index in [1.165, 1.54) is 0 Å². The maximum atomic E-state index is 10.7. The molecule has 0 aliphatic heterocycles. The van der Waals surface area contributed by atoms with Crippen LogP contribution in [0.5, 0.6) is 5.75 Å². The summed E-state index contributed by atoms with van der Waals surface area (Å²) >= 11 is 0. The van der Waals surface area contributed by atoms with E-state index in [2.05, 4.69) is 0 Å². The number of rotatable bonds is 2. The van der Waals surface area contributed by atoms with Crippen molar-refractivity contribution in [3.63, 3.8) is 0 Å². The van der Waals surface area contributed by atoms with Crippen molar-refractivity contribution in [3.8, 4) is 5.75 Å². The largest absolute Gasteiger partial charge is 1.00 e.